The minimum Gasteiger partial charge on any atom is -0.458 e. The van der Waals surface area contributed by atoms with E-state index < -0.39 is 44.7 Å². The van der Waals surface area contributed by atoms with Crippen LogP contribution in [0.1, 0.15) is 47.1 Å². The van der Waals surface area contributed by atoms with Gasteiger partial charge in [-0.3, -0.25) is 0 Å². The molecule has 0 saturated heterocycles. The van der Waals surface area contributed by atoms with Gasteiger partial charge in [-0.25, -0.2) is 9.59 Å². The number of aliphatic hydroxyl groups excluding tert-OH is 1. The highest BCUT2D eigenvalue weighted by atomic mass is 28.4. The average molecular weight is 591 g/mol. The van der Waals surface area contributed by atoms with Crippen molar-refractivity contribution in [3.63, 3.8) is 0 Å². The summed E-state index contributed by atoms with van der Waals surface area (Å²) in [6.45, 7) is 10.0. The third kappa shape index (κ3) is 9.22. The van der Waals surface area contributed by atoms with Gasteiger partial charge < -0.3 is 23.7 Å². The molecule has 3 aromatic carbocycles. The number of carbonyl (C=O) groups is 2. The Morgan fingerprint density at radius 3 is 1.83 bits per heavy atom. The maximum absolute atomic E-state index is 13.1. The van der Waals surface area contributed by atoms with Gasteiger partial charge in [-0.15, -0.1) is 0 Å². The van der Waals surface area contributed by atoms with Crippen LogP contribution in [0.2, 0.25) is 18.1 Å². The van der Waals surface area contributed by atoms with Gasteiger partial charge >= 0.3 is 11.9 Å². The molecular weight excluding hydrogens is 548 g/mol. The lowest BCUT2D eigenvalue weighted by atomic mass is 10.0. The summed E-state index contributed by atoms with van der Waals surface area (Å²) in [6, 6.07) is 26.7. The van der Waals surface area contributed by atoms with E-state index in [0.29, 0.717) is 11.1 Å². The molecule has 224 valence electrons. The third-order valence-electron chi connectivity index (χ3n) is 7.48. The van der Waals surface area contributed by atoms with Crippen LogP contribution in [0.25, 0.3) is 6.08 Å². The lowest BCUT2D eigenvalue weighted by Crippen LogP contribution is -2.55. The quantitative estimate of drug-likeness (QED) is 0.178. The molecule has 7 nitrogen and oxygen atoms in total. The highest BCUT2D eigenvalue weighted by Crippen LogP contribution is 2.38. The molecule has 0 bridgehead atoms. The lowest BCUT2D eigenvalue weighted by molar-refractivity contribution is -0.112. The normalized spacial score (nSPS) is 15.0. The molecule has 0 aliphatic rings. The van der Waals surface area contributed by atoms with Crippen LogP contribution in [0.4, 0.5) is 0 Å². The fourth-order valence-corrected chi connectivity index (χ4v) is 5.26. The zero-order chi connectivity index (χ0) is 30.8. The summed E-state index contributed by atoms with van der Waals surface area (Å²) >= 11 is 0. The topological polar surface area (TPSA) is 91.3 Å². The Balaban J connectivity index is 1.96. The molecular formula is C34H42O7Si. The van der Waals surface area contributed by atoms with Crippen LogP contribution in [0.5, 0.6) is 0 Å². The van der Waals surface area contributed by atoms with E-state index >= 15 is 0 Å². The number of hydrogen-bond acceptors (Lipinski definition) is 7. The second-order valence-corrected chi connectivity index (χ2v) is 16.3. The maximum atomic E-state index is 13.1. The molecule has 0 aliphatic heterocycles. The van der Waals surface area contributed by atoms with Crippen LogP contribution < -0.4 is 0 Å². The molecule has 0 fully saturated rings. The first kappa shape index (κ1) is 32.9. The Kier molecular flexibility index (Phi) is 11.8. The van der Waals surface area contributed by atoms with Gasteiger partial charge in [-0.2, -0.15) is 0 Å². The van der Waals surface area contributed by atoms with Crippen molar-refractivity contribution < 1.29 is 33.3 Å². The van der Waals surface area contributed by atoms with E-state index in [1.54, 1.807) is 60.7 Å². The Morgan fingerprint density at radius 2 is 1.33 bits per heavy atom. The summed E-state index contributed by atoms with van der Waals surface area (Å²) in [6.07, 6.45) is -0.591. The van der Waals surface area contributed by atoms with E-state index in [1.165, 1.54) is 7.11 Å². The standard InChI is InChI=1S/C34H42O7Si/c1-34(2,3)42(5,6)41-31(28(38-4)23-22-25-16-10-7-11-17-25)30(35)29(40-33(37)27-20-14-9-15-21-27)24-39-32(36)26-18-12-8-13-19-26/h7-23,28-31,35H,24H2,1-6H3/b23-22+/t28-,29+,30-,31-/m1/s1. The molecule has 0 aromatic heterocycles. The number of aliphatic hydroxyl groups is 1. The number of rotatable bonds is 13. The van der Waals surface area contributed by atoms with E-state index in [-0.39, 0.29) is 11.6 Å². The second-order valence-electron chi connectivity index (χ2n) is 11.6. The zero-order valence-corrected chi connectivity index (χ0v) is 26.2. The first-order valence-electron chi connectivity index (χ1n) is 14.0. The SMILES string of the molecule is CO[C@H](/C=C/c1ccccc1)[C@@H](O[Si](C)(C)C(C)(C)C)[C@H](O)[C@H](COC(=O)c1ccccc1)OC(=O)c1ccccc1. The summed E-state index contributed by atoms with van der Waals surface area (Å²) in [5.41, 5.74) is 1.59. The summed E-state index contributed by atoms with van der Waals surface area (Å²) in [5.74, 6) is -1.26. The Hall–Kier alpha value is -3.56. The first-order valence-corrected chi connectivity index (χ1v) is 16.9. The van der Waals surface area contributed by atoms with Gasteiger partial charge in [-0.1, -0.05) is 99.7 Å². The summed E-state index contributed by atoms with van der Waals surface area (Å²) in [5, 5.41) is 11.7. The molecule has 0 heterocycles. The predicted octanol–water partition coefficient (Wildman–Crippen LogP) is 6.55. The van der Waals surface area contributed by atoms with Crippen molar-refractivity contribution in [3.8, 4) is 0 Å². The molecule has 8 heteroatoms. The monoisotopic (exact) mass is 590 g/mol. The number of carbonyl (C=O) groups excluding carboxylic acids is 2. The number of methoxy groups -OCH3 is 1. The van der Waals surface area contributed by atoms with Gasteiger partial charge in [0.1, 0.15) is 24.9 Å². The van der Waals surface area contributed by atoms with Crippen molar-refractivity contribution in [2.24, 2.45) is 0 Å². The van der Waals surface area contributed by atoms with Crippen molar-refractivity contribution in [2.75, 3.05) is 13.7 Å². The van der Waals surface area contributed by atoms with Crippen molar-refractivity contribution in [3.05, 3.63) is 114 Å². The van der Waals surface area contributed by atoms with E-state index in [2.05, 4.69) is 33.9 Å². The number of benzene rings is 3. The number of ether oxygens (including phenoxy) is 3. The Bertz CT molecular complexity index is 1290. The minimum atomic E-state index is -2.49. The maximum Gasteiger partial charge on any atom is 0.338 e. The smallest absolute Gasteiger partial charge is 0.338 e. The molecule has 0 saturated carbocycles. The highest BCUT2D eigenvalue weighted by Gasteiger charge is 2.45. The Labute approximate surface area is 250 Å². The molecule has 42 heavy (non-hydrogen) atoms. The molecule has 3 aromatic rings. The predicted molar refractivity (Wildman–Crippen MR) is 167 cm³/mol. The lowest BCUT2D eigenvalue weighted by Gasteiger charge is -2.43. The van der Waals surface area contributed by atoms with Crippen molar-refractivity contribution in [1.82, 2.24) is 0 Å². The van der Waals surface area contributed by atoms with E-state index in [0.717, 1.165) is 5.56 Å². The summed E-state index contributed by atoms with van der Waals surface area (Å²) < 4.78 is 24.0. The molecule has 0 radical (unpaired) electrons. The molecule has 0 aliphatic carbocycles. The average Bonchev–Trinajstić information content (AvgIpc) is 2.99. The number of hydrogen-bond donors (Lipinski definition) is 1. The van der Waals surface area contributed by atoms with Crippen molar-refractivity contribution in [1.29, 1.82) is 0 Å². The van der Waals surface area contributed by atoms with Crippen LogP contribution >= 0.6 is 0 Å². The van der Waals surface area contributed by atoms with Crippen LogP contribution in [-0.4, -0.2) is 63.5 Å². The Morgan fingerprint density at radius 1 is 0.833 bits per heavy atom. The van der Waals surface area contributed by atoms with Gasteiger partial charge in [0.15, 0.2) is 14.4 Å². The third-order valence-corrected chi connectivity index (χ3v) is 12.0. The van der Waals surface area contributed by atoms with Gasteiger partial charge in [0.25, 0.3) is 0 Å². The fraction of sp³-hybridized carbons (Fsp3) is 0.353. The largest absolute Gasteiger partial charge is 0.458 e. The second kappa shape index (κ2) is 15.1. The van der Waals surface area contributed by atoms with Crippen LogP contribution in [-0.2, 0) is 18.6 Å². The van der Waals surface area contributed by atoms with Crippen molar-refractivity contribution >= 4 is 26.3 Å². The highest BCUT2D eigenvalue weighted by molar-refractivity contribution is 6.74. The van der Waals surface area contributed by atoms with Crippen LogP contribution in [0, 0.1) is 0 Å². The molecule has 0 amide bonds. The van der Waals surface area contributed by atoms with E-state index in [4.69, 9.17) is 18.6 Å². The van der Waals surface area contributed by atoms with Gasteiger partial charge in [0, 0.05) is 7.11 Å². The molecule has 0 unspecified atom stereocenters. The van der Waals surface area contributed by atoms with Crippen molar-refractivity contribution in [2.45, 2.75) is 63.3 Å². The van der Waals surface area contributed by atoms with Gasteiger partial charge in [-0.05, 0) is 48.0 Å². The minimum absolute atomic E-state index is 0.192. The molecule has 3 rings (SSSR count). The van der Waals surface area contributed by atoms with Gasteiger partial charge in [0.2, 0.25) is 0 Å². The number of esters is 2. The van der Waals surface area contributed by atoms with Crippen LogP contribution in [0.15, 0.2) is 97.1 Å². The fourth-order valence-electron chi connectivity index (χ4n) is 3.95. The zero-order valence-electron chi connectivity index (χ0n) is 25.2. The van der Waals surface area contributed by atoms with E-state index in [9.17, 15) is 14.7 Å². The first-order chi connectivity index (χ1) is 19.9. The van der Waals surface area contributed by atoms with Crippen LogP contribution in [0.3, 0.4) is 0 Å². The molecule has 4 atom stereocenters. The summed E-state index contributed by atoms with van der Waals surface area (Å²) in [4.78, 5) is 25.9. The van der Waals surface area contributed by atoms with E-state index in [1.807, 2.05) is 42.5 Å². The summed E-state index contributed by atoms with van der Waals surface area (Å²) in [7, 11) is -0.951. The molecule has 0 spiro atoms. The van der Waals surface area contributed by atoms with Gasteiger partial charge in [0.05, 0.1) is 11.1 Å². The molecule has 1 N–H and O–H groups in total.